The number of aliphatic hydroxyl groups excluding tert-OH is 2. The Morgan fingerprint density at radius 1 is 0.523 bits per heavy atom. The molecule has 0 aliphatic rings. The lowest BCUT2D eigenvalue weighted by Gasteiger charge is -2.10. The number of ketones is 2. The van der Waals surface area contributed by atoms with Crippen LogP contribution in [-0.4, -0.2) is 58.2 Å². The fourth-order valence-corrected chi connectivity index (χ4v) is 3.61. The van der Waals surface area contributed by atoms with Crippen LogP contribution >= 0.6 is 0 Å². The Balaban J connectivity index is 0.000000248. The van der Waals surface area contributed by atoms with Crippen molar-refractivity contribution in [1.82, 2.24) is 0 Å². The van der Waals surface area contributed by atoms with Gasteiger partial charge < -0.3 is 29.9 Å². The first-order valence-electron chi connectivity index (χ1n) is 13.3. The molecule has 0 aliphatic carbocycles. The molecule has 0 saturated carbocycles. The molecule has 0 aromatic heterocycles. The smallest absolute Gasteiger partial charge is 0.303 e. The van der Waals surface area contributed by atoms with Crippen molar-refractivity contribution in [3.8, 4) is 11.5 Å². The monoisotopic (exact) mass is 602 g/mol. The van der Waals surface area contributed by atoms with Gasteiger partial charge in [-0.1, -0.05) is 60.7 Å². The van der Waals surface area contributed by atoms with Gasteiger partial charge in [-0.3, -0.25) is 19.2 Å². The van der Waals surface area contributed by atoms with E-state index in [4.69, 9.17) is 19.7 Å². The lowest BCUT2D eigenvalue weighted by molar-refractivity contribution is -0.143. The molecular formula is C34H34O10. The Hall–Kier alpha value is -5.32. The molecule has 2 unspecified atom stereocenters. The van der Waals surface area contributed by atoms with Crippen molar-refractivity contribution in [2.45, 2.75) is 25.0 Å². The third kappa shape index (κ3) is 11.5. The number of rotatable bonds is 11. The van der Waals surface area contributed by atoms with E-state index >= 15 is 0 Å². The predicted octanol–water partition coefficient (Wildman–Crippen LogP) is 5.16. The van der Waals surface area contributed by atoms with E-state index in [0.29, 0.717) is 33.8 Å². The molecule has 0 aliphatic heterocycles. The SMILES string of the molecule is COc1ccc(C(=O)C(O)c2ccccc2)cc1.COc1ccc(C(=O)C(O)c2ccccc2)cc1.O=C(O)CCC(=O)O. The van der Waals surface area contributed by atoms with Crippen LogP contribution in [0.2, 0.25) is 0 Å². The van der Waals surface area contributed by atoms with Gasteiger partial charge in [0.1, 0.15) is 23.7 Å². The van der Waals surface area contributed by atoms with Crippen LogP contribution in [0.5, 0.6) is 11.5 Å². The van der Waals surface area contributed by atoms with Crippen LogP contribution in [0.4, 0.5) is 0 Å². The van der Waals surface area contributed by atoms with Crippen molar-refractivity contribution in [1.29, 1.82) is 0 Å². The number of ether oxygens (including phenoxy) is 2. The summed E-state index contributed by atoms with van der Waals surface area (Å²) < 4.78 is 10.0. The van der Waals surface area contributed by atoms with Crippen LogP contribution in [0.1, 0.15) is 56.9 Å². The van der Waals surface area contributed by atoms with Crippen LogP contribution < -0.4 is 9.47 Å². The normalized spacial score (nSPS) is 11.3. The van der Waals surface area contributed by atoms with Crippen LogP contribution in [0.15, 0.2) is 109 Å². The molecule has 0 heterocycles. The van der Waals surface area contributed by atoms with Crippen molar-refractivity contribution in [2.75, 3.05) is 14.2 Å². The summed E-state index contributed by atoms with van der Waals surface area (Å²) in [5.41, 5.74) is 2.12. The summed E-state index contributed by atoms with van der Waals surface area (Å²) in [6.07, 6.45) is -2.84. The summed E-state index contributed by atoms with van der Waals surface area (Å²) in [4.78, 5) is 43.4. The van der Waals surface area contributed by atoms with Gasteiger partial charge in [-0.05, 0) is 59.7 Å². The molecule has 0 radical (unpaired) electrons. The molecule has 10 nitrogen and oxygen atoms in total. The Morgan fingerprint density at radius 2 is 0.818 bits per heavy atom. The fourth-order valence-electron chi connectivity index (χ4n) is 3.61. The maximum atomic E-state index is 12.1. The van der Waals surface area contributed by atoms with Crippen LogP contribution in [0.25, 0.3) is 0 Å². The number of benzene rings is 4. The van der Waals surface area contributed by atoms with Gasteiger partial charge in [-0.25, -0.2) is 0 Å². The summed E-state index contributed by atoms with van der Waals surface area (Å²) in [7, 11) is 3.13. The van der Waals surface area contributed by atoms with E-state index in [2.05, 4.69) is 0 Å². The molecule has 4 rings (SSSR count). The number of hydrogen-bond donors (Lipinski definition) is 4. The summed E-state index contributed by atoms with van der Waals surface area (Å²) >= 11 is 0. The second-order valence-corrected chi connectivity index (χ2v) is 9.10. The minimum atomic E-state index is -1.13. The van der Waals surface area contributed by atoms with Gasteiger partial charge >= 0.3 is 11.9 Å². The Morgan fingerprint density at radius 3 is 1.07 bits per heavy atom. The zero-order valence-electron chi connectivity index (χ0n) is 24.2. The van der Waals surface area contributed by atoms with E-state index in [-0.39, 0.29) is 24.4 Å². The van der Waals surface area contributed by atoms with Crippen LogP contribution in [0.3, 0.4) is 0 Å². The molecule has 230 valence electrons. The van der Waals surface area contributed by atoms with E-state index in [1.165, 1.54) is 0 Å². The Bertz CT molecular complexity index is 1350. The fraction of sp³-hybridized carbons (Fsp3) is 0.176. The summed E-state index contributed by atoms with van der Waals surface area (Å²) in [6, 6.07) is 31.1. The topological polar surface area (TPSA) is 168 Å². The minimum absolute atomic E-state index is 0.296. The summed E-state index contributed by atoms with van der Waals surface area (Å²) in [6.45, 7) is 0. The van der Waals surface area contributed by atoms with Gasteiger partial charge in [0.2, 0.25) is 0 Å². The van der Waals surface area contributed by atoms with Gasteiger partial charge in [0.15, 0.2) is 11.6 Å². The molecule has 2 atom stereocenters. The van der Waals surface area contributed by atoms with Gasteiger partial charge in [0, 0.05) is 11.1 Å². The molecule has 0 fully saturated rings. The first kappa shape index (κ1) is 34.9. The number of methoxy groups -OCH3 is 2. The van der Waals surface area contributed by atoms with E-state index in [1.807, 2.05) is 12.1 Å². The van der Waals surface area contributed by atoms with Crippen molar-refractivity contribution < 1.29 is 49.1 Å². The number of aliphatic hydroxyl groups is 2. The first-order chi connectivity index (χ1) is 21.1. The average Bonchev–Trinajstić information content (AvgIpc) is 3.07. The third-order valence-corrected chi connectivity index (χ3v) is 6.03. The van der Waals surface area contributed by atoms with Crippen molar-refractivity contribution in [3.63, 3.8) is 0 Å². The highest BCUT2D eigenvalue weighted by Gasteiger charge is 2.19. The molecule has 10 heteroatoms. The van der Waals surface area contributed by atoms with Crippen LogP contribution in [-0.2, 0) is 9.59 Å². The molecule has 0 spiro atoms. The molecule has 4 aromatic carbocycles. The molecular weight excluding hydrogens is 568 g/mol. The second-order valence-electron chi connectivity index (χ2n) is 9.10. The van der Waals surface area contributed by atoms with Gasteiger partial charge in [0.05, 0.1) is 27.1 Å². The Labute approximate surface area is 254 Å². The van der Waals surface area contributed by atoms with Gasteiger partial charge in [-0.2, -0.15) is 0 Å². The molecule has 44 heavy (non-hydrogen) atoms. The van der Waals surface area contributed by atoms with Gasteiger partial charge in [-0.15, -0.1) is 0 Å². The highest BCUT2D eigenvalue weighted by molar-refractivity contribution is 6.00. The predicted molar refractivity (Wildman–Crippen MR) is 162 cm³/mol. The molecule has 0 saturated heterocycles. The number of aliphatic carboxylic acids is 2. The molecule has 0 bridgehead atoms. The maximum Gasteiger partial charge on any atom is 0.303 e. The van der Waals surface area contributed by atoms with Crippen molar-refractivity contribution in [2.24, 2.45) is 0 Å². The highest BCUT2D eigenvalue weighted by atomic mass is 16.5. The first-order valence-corrected chi connectivity index (χ1v) is 13.3. The number of carboxylic acid groups (broad SMARTS) is 2. The Kier molecular flexibility index (Phi) is 14.5. The lowest BCUT2D eigenvalue weighted by Crippen LogP contribution is -2.12. The third-order valence-electron chi connectivity index (χ3n) is 6.03. The van der Waals surface area contributed by atoms with E-state index < -0.39 is 24.1 Å². The zero-order valence-corrected chi connectivity index (χ0v) is 24.2. The summed E-state index contributed by atoms with van der Waals surface area (Å²) in [5, 5.41) is 35.8. The quantitative estimate of drug-likeness (QED) is 0.168. The molecule has 4 N–H and O–H groups in total. The highest BCUT2D eigenvalue weighted by Crippen LogP contribution is 2.21. The minimum Gasteiger partial charge on any atom is -0.497 e. The maximum absolute atomic E-state index is 12.1. The van der Waals surface area contributed by atoms with Crippen molar-refractivity contribution >= 4 is 23.5 Å². The average molecular weight is 603 g/mol. The molecule has 0 amide bonds. The molecule has 4 aromatic rings. The second kappa shape index (κ2) is 18.3. The van der Waals surface area contributed by atoms with Crippen LogP contribution in [0, 0.1) is 0 Å². The zero-order chi connectivity index (χ0) is 32.5. The van der Waals surface area contributed by atoms with E-state index in [0.717, 1.165) is 0 Å². The lowest BCUT2D eigenvalue weighted by atomic mass is 10.00. The number of carbonyl (C=O) groups excluding carboxylic acids is 2. The number of carbonyl (C=O) groups is 4. The van der Waals surface area contributed by atoms with E-state index in [9.17, 15) is 29.4 Å². The summed E-state index contributed by atoms with van der Waals surface area (Å²) in [5.74, 6) is -1.42. The standard InChI is InChI=1S/2C15H14O3.C4H6O4/c2*1-18-13-9-7-12(8-10-13)15(17)14(16)11-5-3-2-4-6-11;5-3(6)1-2-4(7)8/h2*2-10,14,16H,1H3;1-2H2,(H,5,6)(H,7,8). The van der Waals surface area contributed by atoms with E-state index in [1.54, 1.807) is 111 Å². The number of hydrogen-bond acceptors (Lipinski definition) is 8. The largest absolute Gasteiger partial charge is 0.497 e. The number of Topliss-reactive ketones (excluding diaryl/α,β-unsaturated/α-hetero) is 2. The van der Waals surface area contributed by atoms with Gasteiger partial charge in [0.25, 0.3) is 0 Å². The number of carboxylic acids is 2. The van der Waals surface area contributed by atoms with Crippen molar-refractivity contribution in [3.05, 3.63) is 131 Å².